The van der Waals surface area contributed by atoms with Crippen molar-refractivity contribution in [1.82, 2.24) is 9.21 Å². The lowest BCUT2D eigenvalue weighted by molar-refractivity contribution is 0.0697. The first-order valence-corrected chi connectivity index (χ1v) is 11.9. The molecule has 2 aromatic carbocycles. The first-order chi connectivity index (χ1) is 14.4. The summed E-state index contributed by atoms with van der Waals surface area (Å²) in [7, 11) is -2.23. The van der Waals surface area contributed by atoms with E-state index in [1.165, 1.54) is 17.0 Å². The van der Waals surface area contributed by atoms with Gasteiger partial charge in [0.2, 0.25) is 10.0 Å². The van der Waals surface area contributed by atoms with Gasteiger partial charge in [-0.05, 0) is 60.2 Å². The lowest BCUT2D eigenvalue weighted by Crippen LogP contribution is -2.50. The van der Waals surface area contributed by atoms with Crippen molar-refractivity contribution in [1.29, 1.82) is 0 Å². The fourth-order valence-electron chi connectivity index (χ4n) is 3.69. The maximum Gasteiger partial charge on any atom is 0.253 e. The van der Waals surface area contributed by atoms with Gasteiger partial charge >= 0.3 is 0 Å². The Balaban J connectivity index is 1.73. The van der Waals surface area contributed by atoms with Crippen LogP contribution in [0.5, 0.6) is 5.75 Å². The molecule has 1 heterocycles. The number of ether oxygens (including phenoxy) is 1. The van der Waals surface area contributed by atoms with Gasteiger partial charge in [0, 0.05) is 31.7 Å². The molecule has 0 atom stereocenters. The van der Waals surface area contributed by atoms with E-state index in [0.717, 1.165) is 11.1 Å². The van der Waals surface area contributed by atoms with Gasteiger partial charge in [0.1, 0.15) is 10.6 Å². The lowest BCUT2D eigenvalue weighted by Gasteiger charge is -2.34. The van der Waals surface area contributed by atoms with E-state index in [4.69, 9.17) is 4.74 Å². The SMILES string of the molecule is COc1cc(C)c(C)cc1S(=O)(=O)N1CCN(C(=O)c2ccc(C(C)(C)C)cc2)CC1. The van der Waals surface area contributed by atoms with Gasteiger partial charge in [-0.3, -0.25) is 4.79 Å². The number of methoxy groups -OCH3 is 1. The molecular weight excluding hydrogens is 412 g/mol. The second-order valence-corrected chi connectivity index (χ2v) is 11.0. The monoisotopic (exact) mass is 444 g/mol. The topological polar surface area (TPSA) is 66.9 Å². The highest BCUT2D eigenvalue weighted by molar-refractivity contribution is 7.89. The van der Waals surface area contributed by atoms with Crippen LogP contribution >= 0.6 is 0 Å². The Labute approximate surface area is 185 Å². The highest BCUT2D eigenvalue weighted by Crippen LogP contribution is 2.30. The molecule has 0 radical (unpaired) electrons. The van der Waals surface area contributed by atoms with E-state index in [1.807, 2.05) is 38.1 Å². The number of hydrogen-bond acceptors (Lipinski definition) is 4. The van der Waals surface area contributed by atoms with Crippen LogP contribution in [0.15, 0.2) is 41.3 Å². The smallest absolute Gasteiger partial charge is 0.253 e. The molecule has 168 valence electrons. The molecule has 1 saturated heterocycles. The molecule has 0 spiro atoms. The number of rotatable bonds is 4. The van der Waals surface area contributed by atoms with E-state index in [9.17, 15) is 13.2 Å². The van der Waals surface area contributed by atoms with Crippen molar-refractivity contribution >= 4 is 15.9 Å². The van der Waals surface area contributed by atoms with E-state index in [0.29, 0.717) is 24.4 Å². The Morgan fingerprint density at radius 2 is 1.48 bits per heavy atom. The Morgan fingerprint density at radius 1 is 0.935 bits per heavy atom. The average molecular weight is 445 g/mol. The summed E-state index contributed by atoms with van der Waals surface area (Å²) in [5, 5.41) is 0. The van der Waals surface area contributed by atoms with Gasteiger partial charge in [-0.1, -0.05) is 32.9 Å². The summed E-state index contributed by atoms with van der Waals surface area (Å²) in [6, 6.07) is 11.1. The number of amides is 1. The third kappa shape index (κ3) is 4.77. The molecule has 0 unspecified atom stereocenters. The van der Waals surface area contributed by atoms with E-state index < -0.39 is 10.0 Å². The number of hydrogen-bond donors (Lipinski definition) is 0. The molecule has 1 aliphatic heterocycles. The summed E-state index contributed by atoms with van der Waals surface area (Å²) in [4.78, 5) is 14.8. The highest BCUT2D eigenvalue weighted by Gasteiger charge is 2.32. The maximum absolute atomic E-state index is 13.3. The fourth-order valence-corrected chi connectivity index (χ4v) is 5.33. The lowest BCUT2D eigenvalue weighted by atomic mass is 9.86. The van der Waals surface area contributed by atoms with E-state index >= 15 is 0 Å². The van der Waals surface area contributed by atoms with Crippen LogP contribution in [-0.4, -0.2) is 56.8 Å². The van der Waals surface area contributed by atoms with Crippen LogP contribution in [0, 0.1) is 13.8 Å². The predicted octanol–water partition coefficient (Wildman–Crippen LogP) is 3.76. The molecule has 0 aromatic heterocycles. The average Bonchev–Trinajstić information content (AvgIpc) is 2.74. The van der Waals surface area contributed by atoms with Crippen LogP contribution in [0.4, 0.5) is 0 Å². The van der Waals surface area contributed by atoms with Gasteiger partial charge < -0.3 is 9.64 Å². The van der Waals surface area contributed by atoms with Gasteiger partial charge in [0.05, 0.1) is 7.11 Å². The molecule has 0 N–H and O–H groups in total. The van der Waals surface area contributed by atoms with Crippen LogP contribution in [0.2, 0.25) is 0 Å². The van der Waals surface area contributed by atoms with Gasteiger partial charge in [-0.15, -0.1) is 0 Å². The summed E-state index contributed by atoms with van der Waals surface area (Å²) in [6.07, 6.45) is 0. The zero-order chi connectivity index (χ0) is 23.0. The number of sulfonamides is 1. The van der Waals surface area contributed by atoms with E-state index in [-0.39, 0.29) is 29.3 Å². The molecule has 7 heteroatoms. The Kier molecular flexibility index (Phi) is 6.48. The molecule has 0 aliphatic carbocycles. The Hall–Kier alpha value is -2.38. The van der Waals surface area contributed by atoms with Crippen LogP contribution in [-0.2, 0) is 15.4 Å². The third-order valence-corrected chi connectivity index (χ3v) is 7.84. The zero-order valence-corrected chi connectivity index (χ0v) is 20.0. The number of piperazine rings is 1. The molecule has 1 amide bonds. The number of nitrogens with zero attached hydrogens (tertiary/aromatic N) is 2. The van der Waals surface area contributed by atoms with Crippen LogP contribution in [0.3, 0.4) is 0 Å². The molecule has 3 rings (SSSR count). The minimum Gasteiger partial charge on any atom is -0.495 e. The minimum atomic E-state index is -3.71. The van der Waals surface area contributed by atoms with Crippen molar-refractivity contribution in [3.63, 3.8) is 0 Å². The first kappa shape index (κ1) is 23.3. The van der Waals surface area contributed by atoms with Gasteiger partial charge in [-0.25, -0.2) is 8.42 Å². The van der Waals surface area contributed by atoms with Crippen molar-refractivity contribution in [2.24, 2.45) is 0 Å². The molecule has 2 aromatic rings. The maximum atomic E-state index is 13.3. The number of carbonyl (C=O) groups is 1. The quantitative estimate of drug-likeness (QED) is 0.720. The molecule has 1 aliphatic rings. The summed E-state index contributed by atoms with van der Waals surface area (Å²) < 4.78 is 33.3. The summed E-state index contributed by atoms with van der Waals surface area (Å²) in [6.45, 7) is 11.4. The van der Waals surface area contributed by atoms with Crippen molar-refractivity contribution in [2.75, 3.05) is 33.3 Å². The minimum absolute atomic E-state index is 0.0248. The standard InChI is InChI=1S/C24H32N2O4S/c1-17-15-21(30-6)22(16-18(17)2)31(28,29)26-13-11-25(12-14-26)23(27)19-7-9-20(10-8-19)24(3,4)5/h7-10,15-16H,11-14H2,1-6H3. The summed E-state index contributed by atoms with van der Waals surface area (Å²) >= 11 is 0. The zero-order valence-electron chi connectivity index (χ0n) is 19.2. The molecular formula is C24H32N2O4S. The van der Waals surface area contributed by atoms with E-state index in [1.54, 1.807) is 17.0 Å². The predicted molar refractivity (Wildman–Crippen MR) is 122 cm³/mol. The van der Waals surface area contributed by atoms with Crippen LogP contribution in [0.1, 0.15) is 47.8 Å². The Morgan fingerprint density at radius 3 is 2.00 bits per heavy atom. The molecule has 31 heavy (non-hydrogen) atoms. The normalized spacial score (nSPS) is 15.7. The number of carbonyl (C=O) groups excluding carboxylic acids is 1. The summed E-state index contributed by atoms with van der Waals surface area (Å²) in [5.74, 6) is 0.279. The number of aryl methyl sites for hydroxylation is 2. The van der Waals surface area contributed by atoms with Crippen molar-refractivity contribution in [3.8, 4) is 5.75 Å². The fraction of sp³-hybridized carbons (Fsp3) is 0.458. The third-order valence-electron chi connectivity index (χ3n) is 5.92. The highest BCUT2D eigenvalue weighted by atomic mass is 32.2. The van der Waals surface area contributed by atoms with Gasteiger partial charge in [-0.2, -0.15) is 4.31 Å². The number of benzene rings is 2. The van der Waals surface area contributed by atoms with Gasteiger partial charge in [0.25, 0.3) is 5.91 Å². The molecule has 6 nitrogen and oxygen atoms in total. The molecule has 1 fully saturated rings. The Bertz CT molecular complexity index is 1060. The molecule has 0 bridgehead atoms. The first-order valence-electron chi connectivity index (χ1n) is 10.5. The summed E-state index contributed by atoms with van der Waals surface area (Å²) in [5.41, 5.74) is 3.69. The van der Waals surface area contributed by atoms with Crippen LogP contribution < -0.4 is 4.74 Å². The molecule has 0 saturated carbocycles. The van der Waals surface area contributed by atoms with Crippen molar-refractivity contribution in [3.05, 3.63) is 58.7 Å². The van der Waals surface area contributed by atoms with Crippen molar-refractivity contribution in [2.45, 2.75) is 44.9 Å². The van der Waals surface area contributed by atoms with Crippen molar-refractivity contribution < 1.29 is 17.9 Å². The van der Waals surface area contributed by atoms with E-state index in [2.05, 4.69) is 20.8 Å². The second-order valence-electron chi connectivity index (χ2n) is 9.11. The largest absolute Gasteiger partial charge is 0.495 e. The van der Waals surface area contributed by atoms with Gasteiger partial charge in [0.15, 0.2) is 0 Å². The second kappa shape index (κ2) is 8.63. The van der Waals surface area contributed by atoms with Crippen LogP contribution in [0.25, 0.3) is 0 Å².